The van der Waals surface area contributed by atoms with Gasteiger partial charge in [-0.2, -0.15) is 0 Å². The Morgan fingerprint density at radius 2 is 1.71 bits per heavy atom. The fourth-order valence-corrected chi connectivity index (χ4v) is 2.18. The van der Waals surface area contributed by atoms with Crippen molar-refractivity contribution in [1.82, 2.24) is 0 Å². The van der Waals surface area contributed by atoms with E-state index in [1.807, 2.05) is 0 Å². The van der Waals surface area contributed by atoms with Gasteiger partial charge in [-0.25, -0.2) is 4.79 Å². The van der Waals surface area contributed by atoms with E-state index in [1.165, 1.54) is 19.2 Å². The Hall–Kier alpha value is -1.91. The van der Waals surface area contributed by atoms with Crippen LogP contribution in [-0.2, 0) is 6.61 Å². The lowest BCUT2D eigenvalue weighted by molar-refractivity contribution is 0.0691. The van der Waals surface area contributed by atoms with Crippen LogP contribution in [0.2, 0.25) is 10.0 Å². The molecule has 0 heterocycles. The van der Waals surface area contributed by atoms with Crippen molar-refractivity contribution in [3.63, 3.8) is 0 Å². The summed E-state index contributed by atoms with van der Waals surface area (Å²) in [6, 6.07) is 9.56. The third-order valence-electron chi connectivity index (χ3n) is 2.80. The fourth-order valence-electron chi connectivity index (χ4n) is 1.81. The molecule has 2 rings (SSSR count). The van der Waals surface area contributed by atoms with Crippen LogP contribution in [0.25, 0.3) is 0 Å². The largest absolute Gasteiger partial charge is 0.496 e. The predicted molar refractivity (Wildman–Crippen MR) is 80.7 cm³/mol. The van der Waals surface area contributed by atoms with Gasteiger partial charge in [-0.15, -0.1) is 0 Å². The molecule has 6 heteroatoms. The molecule has 0 saturated heterocycles. The molecule has 0 spiro atoms. The lowest BCUT2D eigenvalue weighted by Gasteiger charge is -2.12. The topological polar surface area (TPSA) is 55.8 Å². The van der Waals surface area contributed by atoms with Crippen molar-refractivity contribution < 1.29 is 19.4 Å². The van der Waals surface area contributed by atoms with Crippen LogP contribution in [0.1, 0.15) is 15.9 Å². The molecule has 4 nitrogen and oxygen atoms in total. The molecule has 0 radical (unpaired) electrons. The second-order valence-corrected chi connectivity index (χ2v) is 5.06. The van der Waals surface area contributed by atoms with Crippen LogP contribution in [0.15, 0.2) is 36.4 Å². The van der Waals surface area contributed by atoms with Gasteiger partial charge in [0.25, 0.3) is 0 Å². The van der Waals surface area contributed by atoms with Crippen molar-refractivity contribution >= 4 is 29.2 Å². The fraction of sp³-hybridized carbons (Fsp3) is 0.133. The lowest BCUT2D eigenvalue weighted by Crippen LogP contribution is -2.04. The summed E-state index contributed by atoms with van der Waals surface area (Å²) in [5, 5.41) is 10.0. The van der Waals surface area contributed by atoms with Gasteiger partial charge in [-0.05, 0) is 36.4 Å². The van der Waals surface area contributed by atoms with E-state index in [-0.39, 0.29) is 17.9 Å². The standard InChI is InChI=1S/C15H12Cl2O4/c1-20-13-4-2-10(16)6-9(13)8-21-14-5-3-11(17)7-12(14)15(18)19/h2-7H,8H2,1H3,(H,18,19). The number of hydrogen-bond acceptors (Lipinski definition) is 3. The number of carbonyl (C=O) groups is 1. The minimum atomic E-state index is -1.11. The van der Waals surface area contributed by atoms with Crippen LogP contribution in [0, 0.1) is 0 Å². The van der Waals surface area contributed by atoms with E-state index in [0.29, 0.717) is 15.8 Å². The molecule has 1 N–H and O–H groups in total. The van der Waals surface area contributed by atoms with Crippen molar-refractivity contribution in [3.8, 4) is 11.5 Å². The molecular weight excluding hydrogens is 315 g/mol. The first-order valence-corrected chi connectivity index (χ1v) is 6.75. The third-order valence-corrected chi connectivity index (χ3v) is 3.27. The Kier molecular flexibility index (Phi) is 4.94. The molecular formula is C15H12Cl2O4. The number of rotatable bonds is 5. The Morgan fingerprint density at radius 1 is 1.10 bits per heavy atom. The molecule has 21 heavy (non-hydrogen) atoms. The van der Waals surface area contributed by atoms with Crippen LogP contribution in [0.4, 0.5) is 0 Å². The Morgan fingerprint density at radius 3 is 2.33 bits per heavy atom. The van der Waals surface area contributed by atoms with E-state index in [1.54, 1.807) is 24.3 Å². The smallest absolute Gasteiger partial charge is 0.339 e. The predicted octanol–water partition coefficient (Wildman–Crippen LogP) is 4.28. The Labute approximate surface area is 131 Å². The second kappa shape index (κ2) is 6.70. The first-order valence-electron chi connectivity index (χ1n) is 5.99. The summed E-state index contributed by atoms with van der Waals surface area (Å²) in [6.45, 7) is 0.131. The Balaban J connectivity index is 2.24. The van der Waals surface area contributed by atoms with Gasteiger partial charge in [-0.1, -0.05) is 23.2 Å². The van der Waals surface area contributed by atoms with Crippen LogP contribution in [0.5, 0.6) is 11.5 Å². The summed E-state index contributed by atoms with van der Waals surface area (Å²) >= 11 is 11.7. The number of halogens is 2. The third kappa shape index (κ3) is 3.80. The van der Waals surface area contributed by atoms with Gasteiger partial charge in [0.1, 0.15) is 23.7 Å². The molecule has 0 unspecified atom stereocenters. The molecule has 0 aromatic heterocycles. The minimum absolute atomic E-state index is 0.00324. The summed E-state index contributed by atoms with van der Waals surface area (Å²) in [5.74, 6) is -0.260. The molecule has 0 aliphatic carbocycles. The summed E-state index contributed by atoms with van der Waals surface area (Å²) < 4.78 is 10.8. The number of methoxy groups -OCH3 is 1. The van der Waals surface area contributed by atoms with E-state index >= 15 is 0 Å². The van der Waals surface area contributed by atoms with Crippen LogP contribution in [0.3, 0.4) is 0 Å². The van der Waals surface area contributed by atoms with Gasteiger partial charge in [0.05, 0.1) is 7.11 Å². The molecule has 0 aliphatic rings. The highest BCUT2D eigenvalue weighted by molar-refractivity contribution is 6.31. The second-order valence-electron chi connectivity index (χ2n) is 4.19. The Bertz CT molecular complexity index is 671. The summed E-state index contributed by atoms with van der Waals surface area (Å²) in [4.78, 5) is 11.2. The maximum Gasteiger partial charge on any atom is 0.339 e. The van der Waals surface area contributed by atoms with Gasteiger partial charge < -0.3 is 14.6 Å². The van der Waals surface area contributed by atoms with E-state index in [0.717, 1.165) is 5.56 Å². The molecule has 0 amide bonds. The van der Waals surface area contributed by atoms with E-state index in [2.05, 4.69) is 0 Å². The molecule has 0 bridgehead atoms. The van der Waals surface area contributed by atoms with Crippen molar-refractivity contribution in [1.29, 1.82) is 0 Å². The van der Waals surface area contributed by atoms with Crippen molar-refractivity contribution in [2.45, 2.75) is 6.61 Å². The van der Waals surface area contributed by atoms with E-state index in [4.69, 9.17) is 37.8 Å². The molecule has 0 saturated carbocycles. The number of carboxylic acids is 1. The van der Waals surface area contributed by atoms with Gasteiger partial charge in [-0.3, -0.25) is 0 Å². The first kappa shape index (κ1) is 15.5. The number of hydrogen-bond donors (Lipinski definition) is 1. The van der Waals surface area contributed by atoms with Crippen molar-refractivity contribution in [2.24, 2.45) is 0 Å². The molecule has 2 aromatic carbocycles. The average molecular weight is 327 g/mol. The molecule has 0 atom stereocenters. The SMILES string of the molecule is COc1ccc(Cl)cc1COc1ccc(Cl)cc1C(=O)O. The highest BCUT2D eigenvalue weighted by Gasteiger charge is 2.13. The molecule has 110 valence electrons. The molecule has 0 fully saturated rings. The summed E-state index contributed by atoms with van der Waals surface area (Å²) in [6.07, 6.45) is 0. The number of carboxylic acid groups (broad SMARTS) is 1. The van der Waals surface area contributed by atoms with Gasteiger partial charge in [0.2, 0.25) is 0 Å². The van der Waals surface area contributed by atoms with Gasteiger partial charge in [0, 0.05) is 15.6 Å². The lowest BCUT2D eigenvalue weighted by atomic mass is 10.2. The minimum Gasteiger partial charge on any atom is -0.496 e. The van der Waals surface area contributed by atoms with Gasteiger partial charge in [0.15, 0.2) is 0 Å². The normalized spacial score (nSPS) is 10.2. The van der Waals surface area contributed by atoms with Crippen LogP contribution in [-0.4, -0.2) is 18.2 Å². The summed E-state index contributed by atoms with van der Waals surface area (Å²) in [7, 11) is 1.54. The van der Waals surface area contributed by atoms with Crippen molar-refractivity contribution in [2.75, 3.05) is 7.11 Å². The zero-order chi connectivity index (χ0) is 15.4. The number of benzene rings is 2. The van der Waals surface area contributed by atoms with E-state index < -0.39 is 5.97 Å². The number of ether oxygens (including phenoxy) is 2. The molecule has 2 aromatic rings. The average Bonchev–Trinajstić information content (AvgIpc) is 2.46. The van der Waals surface area contributed by atoms with Crippen LogP contribution < -0.4 is 9.47 Å². The zero-order valence-corrected chi connectivity index (χ0v) is 12.6. The zero-order valence-electron chi connectivity index (χ0n) is 11.1. The quantitative estimate of drug-likeness (QED) is 0.890. The van der Waals surface area contributed by atoms with E-state index in [9.17, 15) is 4.79 Å². The number of aromatic carboxylic acids is 1. The maximum atomic E-state index is 11.2. The monoisotopic (exact) mass is 326 g/mol. The highest BCUT2D eigenvalue weighted by atomic mass is 35.5. The highest BCUT2D eigenvalue weighted by Crippen LogP contribution is 2.27. The van der Waals surface area contributed by atoms with Crippen LogP contribution >= 0.6 is 23.2 Å². The summed E-state index contributed by atoms with van der Waals surface area (Å²) in [5.41, 5.74) is 0.722. The molecule has 0 aliphatic heterocycles. The van der Waals surface area contributed by atoms with Crippen molar-refractivity contribution in [3.05, 3.63) is 57.6 Å². The first-order chi connectivity index (χ1) is 10.0. The van der Waals surface area contributed by atoms with Gasteiger partial charge >= 0.3 is 5.97 Å². The maximum absolute atomic E-state index is 11.2.